The van der Waals surface area contributed by atoms with Gasteiger partial charge in [0.15, 0.2) is 0 Å². The third-order valence-electron chi connectivity index (χ3n) is 3.85. The van der Waals surface area contributed by atoms with Crippen LogP contribution in [0.3, 0.4) is 0 Å². The Morgan fingerprint density at radius 2 is 2.18 bits per heavy atom. The van der Waals surface area contributed by atoms with Gasteiger partial charge in [0.25, 0.3) is 0 Å². The maximum atomic E-state index is 12.7. The molecule has 0 saturated carbocycles. The zero-order valence-electron chi connectivity index (χ0n) is 13.1. The Morgan fingerprint density at radius 3 is 2.82 bits per heavy atom. The first-order chi connectivity index (χ1) is 10.3. The van der Waals surface area contributed by atoms with Gasteiger partial charge >= 0.3 is 5.97 Å². The van der Waals surface area contributed by atoms with Crippen LogP contribution in [-0.2, 0) is 26.0 Å². The van der Waals surface area contributed by atoms with Crippen molar-refractivity contribution in [1.29, 1.82) is 0 Å². The number of aryl methyl sites for hydroxylation is 1. The molecule has 0 aliphatic carbocycles. The number of piperazine rings is 1. The van der Waals surface area contributed by atoms with Crippen molar-refractivity contribution < 1.29 is 17.9 Å². The molecule has 0 bridgehead atoms. The molecule has 0 aromatic heterocycles. The summed E-state index contributed by atoms with van der Waals surface area (Å²) >= 11 is 0. The van der Waals surface area contributed by atoms with Gasteiger partial charge in [0.05, 0.1) is 18.4 Å². The summed E-state index contributed by atoms with van der Waals surface area (Å²) < 4.78 is 31.6. The second-order valence-electron chi connectivity index (χ2n) is 5.56. The van der Waals surface area contributed by atoms with Crippen LogP contribution in [0, 0.1) is 6.92 Å². The Morgan fingerprint density at radius 1 is 1.45 bits per heavy atom. The van der Waals surface area contributed by atoms with Gasteiger partial charge in [-0.15, -0.1) is 0 Å². The van der Waals surface area contributed by atoms with Crippen LogP contribution in [0.2, 0.25) is 0 Å². The van der Waals surface area contributed by atoms with Crippen LogP contribution in [0.5, 0.6) is 0 Å². The van der Waals surface area contributed by atoms with E-state index in [-0.39, 0.29) is 23.3 Å². The first-order valence-corrected chi connectivity index (χ1v) is 8.68. The van der Waals surface area contributed by atoms with E-state index in [1.165, 1.54) is 11.4 Å². The first kappa shape index (κ1) is 16.9. The molecule has 7 heteroatoms. The number of sulfonamides is 1. The lowest BCUT2D eigenvalue weighted by Gasteiger charge is -2.31. The average Bonchev–Trinajstić information content (AvgIpc) is 2.49. The van der Waals surface area contributed by atoms with E-state index >= 15 is 0 Å². The third kappa shape index (κ3) is 3.66. The molecule has 0 spiro atoms. The Kier molecular flexibility index (Phi) is 5.20. The monoisotopic (exact) mass is 326 g/mol. The van der Waals surface area contributed by atoms with Crippen molar-refractivity contribution in [3.63, 3.8) is 0 Å². The molecule has 1 atom stereocenters. The van der Waals surface area contributed by atoms with E-state index in [4.69, 9.17) is 0 Å². The number of esters is 1. The molecule has 6 nitrogen and oxygen atoms in total. The van der Waals surface area contributed by atoms with Crippen molar-refractivity contribution in [1.82, 2.24) is 9.62 Å². The summed E-state index contributed by atoms with van der Waals surface area (Å²) in [7, 11) is -2.22. The molecule has 1 fully saturated rings. The summed E-state index contributed by atoms with van der Waals surface area (Å²) in [6, 6.07) is 5.03. The number of carbonyl (C=O) groups excluding carboxylic acids is 1. The SMILES string of the molecule is COC(=O)Cc1cc(S(=O)(=O)N2CCNC(C)C2)ccc1C. The Bertz CT molecular complexity index is 658. The zero-order valence-corrected chi connectivity index (χ0v) is 13.9. The van der Waals surface area contributed by atoms with E-state index in [9.17, 15) is 13.2 Å². The summed E-state index contributed by atoms with van der Waals surface area (Å²) in [4.78, 5) is 11.7. The molecule has 0 amide bonds. The highest BCUT2D eigenvalue weighted by atomic mass is 32.2. The van der Waals surface area contributed by atoms with Crippen molar-refractivity contribution in [2.45, 2.75) is 31.2 Å². The third-order valence-corrected chi connectivity index (χ3v) is 5.71. The van der Waals surface area contributed by atoms with Crippen LogP contribution in [0.4, 0.5) is 0 Å². The molecule has 1 N–H and O–H groups in total. The van der Waals surface area contributed by atoms with Gasteiger partial charge in [-0.1, -0.05) is 6.07 Å². The molecule has 2 rings (SSSR count). The summed E-state index contributed by atoms with van der Waals surface area (Å²) in [6.07, 6.45) is 0.0731. The summed E-state index contributed by atoms with van der Waals surface area (Å²) in [5, 5.41) is 3.22. The minimum absolute atomic E-state index is 0.0731. The number of nitrogens with one attached hydrogen (secondary N) is 1. The molecule has 1 heterocycles. The molecule has 1 unspecified atom stereocenters. The normalized spacial score (nSPS) is 19.9. The number of methoxy groups -OCH3 is 1. The van der Waals surface area contributed by atoms with Crippen molar-refractivity contribution in [3.8, 4) is 0 Å². The summed E-state index contributed by atoms with van der Waals surface area (Å²) in [5.74, 6) is -0.381. The fraction of sp³-hybridized carbons (Fsp3) is 0.533. The van der Waals surface area contributed by atoms with Crippen molar-refractivity contribution in [3.05, 3.63) is 29.3 Å². The van der Waals surface area contributed by atoms with E-state index in [1.807, 2.05) is 13.8 Å². The van der Waals surface area contributed by atoms with E-state index in [2.05, 4.69) is 10.1 Å². The summed E-state index contributed by atoms with van der Waals surface area (Å²) in [6.45, 7) is 5.35. The fourth-order valence-corrected chi connectivity index (χ4v) is 4.07. The van der Waals surface area contributed by atoms with Gasteiger partial charge in [0.1, 0.15) is 0 Å². The van der Waals surface area contributed by atoms with Crippen LogP contribution in [-0.4, -0.2) is 51.5 Å². The number of carbonyl (C=O) groups is 1. The van der Waals surface area contributed by atoms with E-state index in [1.54, 1.807) is 18.2 Å². The lowest BCUT2D eigenvalue weighted by molar-refractivity contribution is -0.139. The van der Waals surface area contributed by atoms with Gasteiger partial charge in [-0.3, -0.25) is 4.79 Å². The smallest absolute Gasteiger partial charge is 0.309 e. The lowest BCUT2D eigenvalue weighted by Crippen LogP contribution is -2.51. The van der Waals surface area contributed by atoms with Crippen LogP contribution in [0.15, 0.2) is 23.1 Å². The standard InChI is InChI=1S/C15H22N2O4S/c1-11-4-5-14(8-13(11)9-15(18)21-3)22(19,20)17-7-6-16-12(2)10-17/h4-5,8,12,16H,6-7,9-10H2,1-3H3. The molecule has 1 aromatic carbocycles. The number of rotatable bonds is 4. The quantitative estimate of drug-likeness (QED) is 0.824. The highest BCUT2D eigenvalue weighted by Gasteiger charge is 2.28. The second kappa shape index (κ2) is 6.76. The van der Waals surface area contributed by atoms with Crippen LogP contribution in [0.1, 0.15) is 18.1 Å². The number of nitrogens with zero attached hydrogens (tertiary/aromatic N) is 1. The Hall–Kier alpha value is -1.44. The second-order valence-corrected chi connectivity index (χ2v) is 7.50. The molecular formula is C15H22N2O4S. The largest absolute Gasteiger partial charge is 0.469 e. The van der Waals surface area contributed by atoms with Crippen LogP contribution >= 0.6 is 0 Å². The number of hydrogen-bond acceptors (Lipinski definition) is 5. The molecule has 1 saturated heterocycles. The van der Waals surface area contributed by atoms with E-state index in [0.717, 1.165) is 5.56 Å². The molecule has 1 aliphatic rings. The predicted molar refractivity (Wildman–Crippen MR) is 83.1 cm³/mol. The summed E-state index contributed by atoms with van der Waals surface area (Å²) in [5.41, 5.74) is 1.55. The Labute approximate surface area is 131 Å². The minimum atomic E-state index is -3.54. The lowest BCUT2D eigenvalue weighted by atomic mass is 10.1. The maximum absolute atomic E-state index is 12.7. The average molecular weight is 326 g/mol. The maximum Gasteiger partial charge on any atom is 0.309 e. The van der Waals surface area contributed by atoms with Gasteiger partial charge in [-0.25, -0.2) is 8.42 Å². The molecule has 0 radical (unpaired) electrons. The molecule has 1 aliphatic heterocycles. The molecular weight excluding hydrogens is 304 g/mol. The minimum Gasteiger partial charge on any atom is -0.469 e. The van der Waals surface area contributed by atoms with Gasteiger partial charge in [0, 0.05) is 25.7 Å². The van der Waals surface area contributed by atoms with Crippen molar-refractivity contribution >= 4 is 16.0 Å². The van der Waals surface area contributed by atoms with Gasteiger partial charge in [0.2, 0.25) is 10.0 Å². The Balaban J connectivity index is 2.31. The van der Waals surface area contributed by atoms with Gasteiger partial charge in [-0.2, -0.15) is 4.31 Å². The molecule has 22 heavy (non-hydrogen) atoms. The highest BCUT2D eigenvalue weighted by molar-refractivity contribution is 7.89. The van der Waals surface area contributed by atoms with Crippen LogP contribution < -0.4 is 5.32 Å². The predicted octanol–water partition coefficient (Wildman–Crippen LogP) is 0.693. The first-order valence-electron chi connectivity index (χ1n) is 7.24. The van der Waals surface area contributed by atoms with Crippen molar-refractivity contribution in [2.24, 2.45) is 0 Å². The zero-order chi connectivity index (χ0) is 16.3. The topological polar surface area (TPSA) is 75.7 Å². The number of benzene rings is 1. The number of hydrogen-bond donors (Lipinski definition) is 1. The van der Waals surface area contributed by atoms with E-state index in [0.29, 0.717) is 25.2 Å². The number of ether oxygens (including phenoxy) is 1. The van der Waals surface area contributed by atoms with Gasteiger partial charge < -0.3 is 10.1 Å². The molecule has 1 aromatic rings. The van der Waals surface area contributed by atoms with E-state index < -0.39 is 10.0 Å². The van der Waals surface area contributed by atoms with Crippen LogP contribution in [0.25, 0.3) is 0 Å². The highest BCUT2D eigenvalue weighted by Crippen LogP contribution is 2.21. The van der Waals surface area contributed by atoms with Crippen molar-refractivity contribution in [2.75, 3.05) is 26.7 Å². The fourth-order valence-electron chi connectivity index (χ4n) is 2.49. The molecule has 122 valence electrons. The van der Waals surface area contributed by atoms with Gasteiger partial charge in [-0.05, 0) is 37.1 Å².